The van der Waals surface area contributed by atoms with E-state index in [0.717, 1.165) is 6.20 Å². The normalized spacial score (nSPS) is 32.2. The number of rotatable bonds is 6. The monoisotopic (exact) mass is 316 g/mol. The molecular weight excluding hydrogens is 296 g/mol. The smallest absolute Gasteiger partial charge is 0.350 e. The number of carbonyl (C=O) groups excluding carboxylic acids is 1. The summed E-state index contributed by atoms with van der Waals surface area (Å²) in [6.45, 7) is 1.74. The number of methoxy groups -OCH3 is 1. The molecule has 0 aromatic carbocycles. The molecule has 0 unspecified atom stereocenters. The van der Waals surface area contributed by atoms with Crippen molar-refractivity contribution < 1.29 is 34.3 Å². The number of hydrogen-bond acceptors (Lipinski definition) is 9. The highest BCUT2D eigenvalue weighted by molar-refractivity contribution is 5.92. The molecule has 9 nitrogen and oxygen atoms in total. The fourth-order valence-corrected chi connectivity index (χ4v) is 1.90. The number of nitrogens with zero attached hydrogens (tertiary/aromatic N) is 1. The van der Waals surface area contributed by atoms with Crippen molar-refractivity contribution in [2.75, 3.05) is 20.3 Å². The predicted octanol–water partition coefficient (Wildman–Crippen LogP) is -2.00. The van der Waals surface area contributed by atoms with E-state index in [-0.39, 0.29) is 18.7 Å². The molecule has 1 aliphatic heterocycles. The molecule has 1 fully saturated rings. The first-order valence-electron chi connectivity index (χ1n) is 6.69. The molecule has 0 radical (unpaired) electrons. The van der Waals surface area contributed by atoms with Gasteiger partial charge in [0.1, 0.15) is 30.5 Å². The van der Waals surface area contributed by atoms with Crippen LogP contribution in [0.3, 0.4) is 0 Å². The SMILES string of the molecule is CCOC(=O)/C(C#N)=C\NC[C@H]1O[C@H](OC)[C@H](O)[C@@H](O)[C@@H]1O. The van der Waals surface area contributed by atoms with E-state index in [1.807, 2.05) is 0 Å². The van der Waals surface area contributed by atoms with Gasteiger partial charge in [-0.1, -0.05) is 0 Å². The average molecular weight is 316 g/mol. The molecule has 5 atom stereocenters. The Bertz CT molecular complexity index is 446. The lowest BCUT2D eigenvalue weighted by Crippen LogP contribution is -2.59. The Morgan fingerprint density at radius 2 is 2.05 bits per heavy atom. The highest BCUT2D eigenvalue weighted by Gasteiger charge is 2.43. The molecule has 124 valence electrons. The van der Waals surface area contributed by atoms with E-state index in [4.69, 9.17) is 14.7 Å². The summed E-state index contributed by atoms with van der Waals surface area (Å²) < 4.78 is 14.8. The zero-order chi connectivity index (χ0) is 16.7. The lowest BCUT2D eigenvalue weighted by molar-refractivity contribution is -0.288. The molecule has 0 aliphatic carbocycles. The molecule has 9 heteroatoms. The van der Waals surface area contributed by atoms with Crippen LogP contribution in [-0.4, -0.2) is 72.3 Å². The molecule has 1 heterocycles. The molecule has 1 aliphatic rings. The maximum Gasteiger partial charge on any atom is 0.350 e. The van der Waals surface area contributed by atoms with Crippen LogP contribution in [0, 0.1) is 11.3 Å². The second-order valence-corrected chi connectivity index (χ2v) is 4.55. The van der Waals surface area contributed by atoms with E-state index in [1.165, 1.54) is 7.11 Å². The van der Waals surface area contributed by atoms with E-state index < -0.39 is 36.7 Å². The van der Waals surface area contributed by atoms with E-state index in [1.54, 1.807) is 13.0 Å². The van der Waals surface area contributed by atoms with E-state index in [2.05, 4.69) is 10.1 Å². The van der Waals surface area contributed by atoms with Gasteiger partial charge >= 0.3 is 5.97 Å². The van der Waals surface area contributed by atoms with Gasteiger partial charge in [0.15, 0.2) is 11.9 Å². The van der Waals surface area contributed by atoms with Crippen LogP contribution in [-0.2, 0) is 19.0 Å². The summed E-state index contributed by atoms with van der Waals surface area (Å²) in [6, 6.07) is 1.68. The average Bonchev–Trinajstić information content (AvgIpc) is 2.51. The quantitative estimate of drug-likeness (QED) is 0.249. The van der Waals surface area contributed by atoms with Gasteiger partial charge in [0, 0.05) is 19.9 Å². The maximum absolute atomic E-state index is 11.4. The molecule has 0 spiro atoms. The Hall–Kier alpha value is -1.70. The number of hydrogen-bond donors (Lipinski definition) is 4. The number of nitrogens with one attached hydrogen (secondary N) is 1. The van der Waals surface area contributed by atoms with Crippen LogP contribution in [0.5, 0.6) is 0 Å². The van der Waals surface area contributed by atoms with Gasteiger partial charge in [-0.3, -0.25) is 0 Å². The highest BCUT2D eigenvalue weighted by atomic mass is 16.7. The number of nitriles is 1. The lowest BCUT2D eigenvalue weighted by Gasteiger charge is -2.39. The van der Waals surface area contributed by atoms with Crippen molar-refractivity contribution in [1.29, 1.82) is 5.26 Å². The van der Waals surface area contributed by atoms with Crippen molar-refractivity contribution in [1.82, 2.24) is 5.32 Å². The van der Waals surface area contributed by atoms with Crippen molar-refractivity contribution in [3.63, 3.8) is 0 Å². The van der Waals surface area contributed by atoms with Crippen molar-refractivity contribution >= 4 is 5.97 Å². The number of carbonyl (C=O) groups is 1. The van der Waals surface area contributed by atoms with Crippen LogP contribution in [0.15, 0.2) is 11.8 Å². The Balaban J connectivity index is 2.63. The van der Waals surface area contributed by atoms with Gasteiger partial charge in [-0.15, -0.1) is 0 Å². The predicted molar refractivity (Wildman–Crippen MR) is 72.0 cm³/mol. The first kappa shape index (κ1) is 18.3. The first-order chi connectivity index (χ1) is 10.5. The summed E-state index contributed by atoms with van der Waals surface area (Å²) in [5.74, 6) is -0.771. The summed E-state index contributed by atoms with van der Waals surface area (Å²) in [6.07, 6.45) is -5.02. The van der Waals surface area contributed by atoms with Crippen LogP contribution < -0.4 is 5.32 Å². The minimum Gasteiger partial charge on any atom is -0.462 e. The summed E-state index contributed by atoms with van der Waals surface area (Å²) in [7, 11) is 1.29. The fourth-order valence-electron chi connectivity index (χ4n) is 1.90. The molecule has 0 aromatic heterocycles. The summed E-state index contributed by atoms with van der Waals surface area (Å²) in [4.78, 5) is 11.4. The Kier molecular flexibility index (Phi) is 7.23. The topological polar surface area (TPSA) is 141 Å². The minimum absolute atomic E-state index is 0.0185. The third kappa shape index (κ3) is 4.40. The van der Waals surface area contributed by atoms with Gasteiger partial charge in [0.2, 0.25) is 0 Å². The lowest BCUT2D eigenvalue weighted by atomic mass is 9.99. The largest absolute Gasteiger partial charge is 0.462 e. The molecular formula is C13H20N2O7. The van der Waals surface area contributed by atoms with Crippen LogP contribution >= 0.6 is 0 Å². The summed E-state index contributed by atoms with van der Waals surface area (Å²) >= 11 is 0. The molecule has 1 rings (SSSR count). The van der Waals surface area contributed by atoms with Crippen LogP contribution in [0.1, 0.15) is 6.92 Å². The third-order valence-electron chi connectivity index (χ3n) is 3.08. The van der Waals surface area contributed by atoms with Gasteiger partial charge in [0.25, 0.3) is 0 Å². The van der Waals surface area contributed by atoms with Crippen molar-refractivity contribution in [3.05, 3.63) is 11.8 Å². The third-order valence-corrected chi connectivity index (χ3v) is 3.08. The Morgan fingerprint density at radius 3 is 2.59 bits per heavy atom. The molecule has 0 amide bonds. The summed E-state index contributed by atoms with van der Waals surface area (Å²) in [5, 5.41) is 40.6. The minimum atomic E-state index is -1.44. The first-order valence-corrected chi connectivity index (χ1v) is 6.69. The number of aliphatic hydroxyl groups excluding tert-OH is 3. The number of esters is 1. The zero-order valence-electron chi connectivity index (χ0n) is 12.3. The van der Waals surface area contributed by atoms with Crippen molar-refractivity contribution in [2.24, 2.45) is 0 Å². The zero-order valence-corrected chi connectivity index (χ0v) is 12.3. The number of aliphatic hydroxyl groups is 3. The van der Waals surface area contributed by atoms with Crippen molar-refractivity contribution in [3.8, 4) is 6.07 Å². The standard InChI is InChI=1S/C13H20N2O7/c1-3-21-12(19)7(4-14)5-15-6-8-9(16)10(17)11(18)13(20-2)22-8/h5,8-11,13,15-18H,3,6H2,1-2H3/b7-5-/t8-,9-,10+,11-,13+/m1/s1. The van der Waals surface area contributed by atoms with Gasteiger partial charge < -0.3 is 34.8 Å². The van der Waals surface area contributed by atoms with Gasteiger partial charge in [-0.2, -0.15) is 5.26 Å². The maximum atomic E-state index is 11.4. The van der Waals surface area contributed by atoms with Gasteiger partial charge in [-0.25, -0.2) is 4.79 Å². The molecule has 22 heavy (non-hydrogen) atoms. The van der Waals surface area contributed by atoms with E-state index in [0.29, 0.717) is 0 Å². The van der Waals surface area contributed by atoms with Gasteiger partial charge in [-0.05, 0) is 6.92 Å². The second-order valence-electron chi connectivity index (χ2n) is 4.55. The Labute approximate surface area is 127 Å². The molecule has 0 bridgehead atoms. The fraction of sp³-hybridized carbons (Fsp3) is 0.692. The van der Waals surface area contributed by atoms with E-state index >= 15 is 0 Å². The molecule has 4 N–H and O–H groups in total. The highest BCUT2D eigenvalue weighted by Crippen LogP contribution is 2.21. The molecule has 1 saturated heterocycles. The van der Waals surface area contributed by atoms with Crippen molar-refractivity contribution in [2.45, 2.75) is 37.6 Å². The molecule has 0 saturated carbocycles. The summed E-state index contributed by atoms with van der Waals surface area (Å²) in [5.41, 5.74) is -0.240. The molecule has 0 aromatic rings. The van der Waals surface area contributed by atoms with Crippen LogP contribution in [0.2, 0.25) is 0 Å². The Morgan fingerprint density at radius 1 is 1.36 bits per heavy atom. The van der Waals surface area contributed by atoms with Crippen LogP contribution in [0.4, 0.5) is 0 Å². The van der Waals surface area contributed by atoms with E-state index in [9.17, 15) is 20.1 Å². The van der Waals surface area contributed by atoms with Gasteiger partial charge in [0.05, 0.1) is 6.61 Å². The number of ether oxygens (including phenoxy) is 3. The second kappa shape index (κ2) is 8.67. The van der Waals surface area contributed by atoms with Crippen LogP contribution in [0.25, 0.3) is 0 Å².